The Morgan fingerprint density at radius 2 is 1.67 bits per heavy atom. The molecule has 0 bridgehead atoms. The van der Waals surface area contributed by atoms with Gasteiger partial charge in [-0.1, -0.05) is 74.8 Å². The van der Waals surface area contributed by atoms with E-state index in [1.165, 1.54) is 0 Å². The third-order valence-corrected chi connectivity index (χ3v) is 4.82. The molecule has 3 aromatic rings. The van der Waals surface area contributed by atoms with Crippen LogP contribution in [0.15, 0.2) is 66.7 Å². The summed E-state index contributed by atoms with van der Waals surface area (Å²) >= 11 is 6.45. The zero-order chi connectivity index (χ0) is 21.9. The molecule has 0 spiro atoms. The summed E-state index contributed by atoms with van der Waals surface area (Å²) < 4.78 is 5.67. The van der Waals surface area contributed by atoms with E-state index in [-0.39, 0.29) is 5.78 Å². The van der Waals surface area contributed by atoms with Crippen LogP contribution in [0.1, 0.15) is 54.2 Å². The maximum absolute atomic E-state index is 12.8. The van der Waals surface area contributed by atoms with Gasteiger partial charge < -0.3 is 10.1 Å². The van der Waals surface area contributed by atoms with Crippen LogP contribution in [0.4, 0.5) is 11.4 Å². The lowest BCUT2D eigenvalue weighted by molar-refractivity contribution is 0.103. The first-order chi connectivity index (χ1) is 14.6. The van der Waals surface area contributed by atoms with Gasteiger partial charge in [0, 0.05) is 34.7 Å². The lowest BCUT2D eigenvalue weighted by Crippen LogP contribution is -2.05. The van der Waals surface area contributed by atoms with E-state index in [1.54, 1.807) is 12.1 Å². The molecule has 0 aliphatic rings. The molecule has 30 heavy (non-hydrogen) atoms. The lowest BCUT2D eigenvalue weighted by atomic mass is 9.99. The zero-order valence-electron chi connectivity index (χ0n) is 18.2. The van der Waals surface area contributed by atoms with Gasteiger partial charge in [0.25, 0.3) is 0 Å². The number of nitrogens with one attached hydrogen (secondary N) is 1. The molecule has 0 saturated heterocycles. The molecule has 0 atom stereocenters. The first-order valence-electron chi connectivity index (χ1n) is 10.4. The number of hydrogen-bond acceptors (Lipinski definition) is 3. The molecule has 0 radical (unpaired) electrons. The molecule has 0 fully saturated rings. The van der Waals surface area contributed by atoms with Gasteiger partial charge in [-0.05, 0) is 43.2 Å². The van der Waals surface area contributed by atoms with Gasteiger partial charge in [-0.15, -0.1) is 0 Å². The first kappa shape index (κ1) is 23.7. The third-order valence-electron chi connectivity index (χ3n) is 4.51. The monoisotopic (exact) mass is 423 g/mol. The Morgan fingerprint density at radius 1 is 0.967 bits per heavy atom. The molecular formula is C26H30ClNO2. The van der Waals surface area contributed by atoms with E-state index in [0.29, 0.717) is 22.8 Å². The second kappa shape index (κ2) is 12.2. The molecule has 0 heterocycles. The van der Waals surface area contributed by atoms with E-state index in [9.17, 15) is 4.79 Å². The van der Waals surface area contributed by atoms with Crippen molar-refractivity contribution in [1.29, 1.82) is 0 Å². The summed E-state index contributed by atoms with van der Waals surface area (Å²) in [5, 5.41) is 3.81. The summed E-state index contributed by atoms with van der Waals surface area (Å²) in [6, 6.07) is 21.0. The van der Waals surface area contributed by atoms with Crippen LogP contribution in [0.3, 0.4) is 0 Å². The minimum absolute atomic E-state index is 0.0667. The maximum atomic E-state index is 12.8. The number of carbonyl (C=O) groups excluding carboxylic acids is 1. The van der Waals surface area contributed by atoms with Crippen molar-refractivity contribution in [2.75, 3.05) is 11.9 Å². The van der Waals surface area contributed by atoms with Crippen molar-refractivity contribution in [2.45, 2.75) is 40.7 Å². The number of para-hydroxylation sites is 1. The number of hydrogen-bond donors (Lipinski definition) is 1. The Labute approximate surface area is 185 Å². The number of ether oxygens (including phenoxy) is 1. The van der Waals surface area contributed by atoms with Crippen LogP contribution in [-0.2, 0) is 11.3 Å². The molecule has 158 valence electrons. The lowest BCUT2D eigenvalue weighted by Gasteiger charge is -2.14. The predicted molar refractivity (Wildman–Crippen MR) is 127 cm³/mol. The van der Waals surface area contributed by atoms with Crippen molar-refractivity contribution in [3.63, 3.8) is 0 Å². The topological polar surface area (TPSA) is 38.3 Å². The Bertz CT molecular complexity index is 969. The molecule has 3 aromatic carbocycles. The third kappa shape index (κ3) is 6.19. The first-order valence-corrected chi connectivity index (χ1v) is 10.8. The largest absolute Gasteiger partial charge is 0.377 e. The number of ketones is 1. The van der Waals surface area contributed by atoms with Gasteiger partial charge in [-0.3, -0.25) is 4.79 Å². The van der Waals surface area contributed by atoms with E-state index in [2.05, 4.69) is 12.2 Å². The standard InChI is InChI=1S/C24H24ClNO2.C2H6/c1-3-14-28-16-18-9-5-7-11-23(18)26-19-12-13-21(22(25)15-19)24(27)20-10-6-4-8-17(20)2;1-2/h4-13,15,26H,3,14,16H2,1-2H3;1-2H3. The van der Waals surface area contributed by atoms with Crippen molar-refractivity contribution in [2.24, 2.45) is 0 Å². The second-order valence-corrected chi connectivity index (χ2v) is 7.08. The minimum Gasteiger partial charge on any atom is -0.377 e. The van der Waals surface area contributed by atoms with E-state index >= 15 is 0 Å². The normalized spacial score (nSPS) is 10.2. The fourth-order valence-electron chi connectivity index (χ4n) is 3.00. The van der Waals surface area contributed by atoms with E-state index in [4.69, 9.17) is 16.3 Å². The van der Waals surface area contributed by atoms with Crippen molar-refractivity contribution < 1.29 is 9.53 Å². The predicted octanol–water partition coefficient (Wildman–Crippen LogP) is 7.58. The number of carbonyl (C=O) groups is 1. The fraction of sp³-hybridized carbons (Fsp3) is 0.269. The molecule has 0 amide bonds. The highest BCUT2D eigenvalue weighted by Crippen LogP contribution is 2.28. The van der Waals surface area contributed by atoms with Crippen LogP contribution in [0, 0.1) is 6.92 Å². The Morgan fingerprint density at radius 3 is 2.37 bits per heavy atom. The summed E-state index contributed by atoms with van der Waals surface area (Å²) in [6.07, 6.45) is 0.988. The van der Waals surface area contributed by atoms with Gasteiger partial charge in [0.05, 0.1) is 11.6 Å². The summed E-state index contributed by atoms with van der Waals surface area (Å²) in [6.45, 7) is 9.30. The Balaban J connectivity index is 0.00000155. The van der Waals surface area contributed by atoms with Crippen LogP contribution in [0.5, 0.6) is 0 Å². The summed E-state index contributed by atoms with van der Waals surface area (Å²) in [5.41, 5.74) is 4.98. The average molecular weight is 424 g/mol. The molecule has 3 nitrogen and oxygen atoms in total. The highest BCUT2D eigenvalue weighted by molar-refractivity contribution is 6.35. The van der Waals surface area contributed by atoms with Crippen molar-refractivity contribution in [1.82, 2.24) is 0 Å². The van der Waals surface area contributed by atoms with Crippen LogP contribution in [0.25, 0.3) is 0 Å². The Kier molecular flexibility index (Phi) is 9.59. The highest BCUT2D eigenvalue weighted by Gasteiger charge is 2.15. The SMILES string of the molecule is CC.CCCOCc1ccccc1Nc1ccc(C(=O)c2ccccc2C)c(Cl)c1. The van der Waals surface area contributed by atoms with Gasteiger partial charge in [0.15, 0.2) is 5.78 Å². The smallest absolute Gasteiger partial charge is 0.194 e. The number of aryl methyl sites for hydroxylation is 1. The minimum atomic E-state index is -0.0667. The molecule has 3 rings (SSSR count). The Hall–Kier alpha value is -2.62. The number of anilines is 2. The van der Waals surface area contributed by atoms with Gasteiger partial charge in [-0.2, -0.15) is 0 Å². The maximum Gasteiger partial charge on any atom is 0.194 e. The number of rotatable bonds is 8. The van der Waals surface area contributed by atoms with Gasteiger partial charge in [-0.25, -0.2) is 0 Å². The number of benzene rings is 3. The van der Waals surface area contributed by atoms with Gasteiger partial charge in [0.2, 0.25) is 0 Å². The van der Waals surface area contributed by atoms with Crippen LogP contribution >= 0.6 is 11.6 Å². The molecule has 0 aliphatic carbocycles. The highest BCUT2D eigenvalue weighted by atomic mass is 35.5. The van der Waals surface area contributed by atoms with Crippen LogP contribution in [-0.4, -0.2) is 12.4 Å². The average Bonchev–Trinajstić information content (AvgIpc) is 2.76. The van der Waals surface area contributed by atoms with Crippen LogP contribution in [0.2, 0.25) is 5.02 Å². The molecular weight excluding hydrogens is 394 g/mol. The van der Waals surface area contributed by atoms with E-state index < -0.39 is 0 Å². The fourth-order valence-corrected chi connectivity index (χ4v) is 3.27. The van der Waals surface area contributed by atoms with E-state index in [0.717, 1.165) is 35.5 Å². The quantitative estimate of drug-likeness (QED) is 0.299. The molecule has 0 aliphatic heterocycles. The van der Waals surface area contributed by atoms with E-state index in [1.807, 2.05) is 75.4 Å². The molecule has 1 N–H and O–H groups in total. The van der Waals surface area contributed by atoms with Crippen LogP contribution < -0.4 is 5.32 Å². The number of halogens is 1. The van der Waals surface area contributed by atoms with Crippen molar-refractivity contribution in [3.8, 4) is 0 Å². The van der Waals surface area contributed by atoms with Crippen molar-refractivity contribution >= 4 is 28.8 Å². The molecule has 0 saturated carbocycles. The molecule has 4 heteroatoms. The van der Waals surface area contributed by atoms with Gasteiger partial charge in [0.1, 0.15) is 0 Å². The summed E-state index contributed by atoms with van der Waals surface area (Å²) in [4.78, 5) is 12.8. The molecule has 0 aromatic heterocycles. The summed E-state index contributed by atoms with van der Waals surface area (Å²) in [5.74, 6) is -0.0667. The summed E-state index contributed by atoms with van der Waals surface area (Å²) in [7, 11) is 0. The second-order valence-electron chi connectivity index (χ2n) is 6.67. The molecule has 0 unspecified atom stereocenters. The zero-order valence-corrected chi connectivity index (χ0v) is 18.9. The van der Waals surface area contributed by atoms with Crippen molar-refractivity contribution in [3.05, 3.63) is 94.0 Å². The van der Waals surface area contributed by atoms with Gasteiger partial charge >= 0.3 is 0 Å².